The maximum atomic E-state index is 12.8. The number of urea groups is 1. The number of amides is 3. The van der Waals surface area contributed by atoms with Crippen LogP contribution in [0.3, 0.4) is 0 Å². The number of nitrogens with two attached hydrogens (primary N) is 1. The molecule has 4 N–H and O–H groups in total. The van der Waals surface area contributed by atoms with Gasteiger partial charge < -0.3 is 25.8 Å². The smallest absolute Gasteiger partial charge is 0.341 e. The average molecular weight is 490 g/mol. The minimum atomic E-state index is -0.961. The molecule has 0 fully saturated rings. The molecule has 2 rings (SSSR count). The van der Waals surface area contributed by atoms with Gasteiger partial charge in [0.2, 0.25) is 0 Å². The Balaban J connectivity index is 2.22. The van der Waals surface area contributed by atoms with E-state index in [1.807, 2.05) is 52.0 Å². The van der Waals surface area contributed by atoms with E-state index in [4.69, 9.17) is 15.2 Å². The quantitative estimate of drug-likeness (QED) is 0.435. The molecule has 1 aromatic carbocycles. The van der Waals surface area contributed by atoms with Crippen molar-refractivity contribution >= 4 is 40.2 Å². The first-order valence-electron chi connectivity index (χ1n) is 10.9. The molecular weight excluding hydrogens is 458 g/mol. The first-order valence-corrected chi connectivity index (χ1v) is 11.7. The van der Waals surface area contributed by atoms with E-state index in [1.54, 1.807) is 6.92 Å². The first kappa shape index (κ1) is 26.8. The predicted molar refractivity (Wildman–Crippen MR) is 131 cm³/mol. The van der Waals surface area contributed by atoms with Crippen LogP contribution in [-0.4, -0.2) is 43.1 Å². The molecule has 184 valence electrons. The molecule has 1 atom stereocenters. The van der Waals surface area contributed by atoms with Gasteiger partial charge in [-0.25, -0.2) is 14.4 Å². The molecule has 0 aliphatic heterocycles. The van der Waals surface area contributed by atoms with Gasteiger partial charge in [0.1, 0.15) is 16.6 Å². The van der Waals surface area contributed by atoms with Crippen LogP contribution in [0, 0.1) is 19.8 Å². The molecule has 0 radical (unpaired) electrons. The summed E-state index contributed by atoms with van der Waals surface area (Å²) >= 11 is 1.23. The molecular formula is C24H31N3O6S. The van der Waals surface area contributed by atoms with Gasteiger partial charge in [-0.1, -0.05) is 43.7 Å². The number of anilines is 1. The fourth-order valence-electron chi connectivity index (χ4n) is 3.36. The van der Waals surface area contributed by atoms with Crippen LogP contribution < -0.4 is 16.4 Å². The largest absolute Gasteiger partial charge is 0.462 e. The maximum Gasteiger partial charge on any atom is 0.341 e. The lowest BCUT2D eigenvalue weighted by atomic mass is 10.0. The molecule has 0 spiro atoms. The summed E-state index contributed by atoms with van der Waals surface area (Å²) in [5.41, 5.74) is 7.96. The molecule has 0 bridgehead atoms. The van der Waals surface area contributed by atoms with Crippen molar-refractivity contribution in [2.24, 2.45) is 11.7 Å². The number of ether oxygens (including phenoxy) is 2. The molecule has 1 heterocycles. The Hall–Kier alpha value is -3.40. The lowest BCUT2D eigenvalue weighted by molar-refractivity contribution is -0.149. The number of aryl methyl sites for hydroxylation is 2. The summed E-state index contributed by atoms with van der Waals surface area (Å²) in [7, 11) is 0. The summed E-state index contributed by atoms with van der Waals surface area (Å²) < 4.78 is 10.3. The number of primary amides is 1. The van der Waals surface area contributed by atoms with Crippen LogP contribution in [0.25, 0.3) is 11.1 Å². The van der Waals surface area contributed by atoms with Crippen LogP contribution in [0.5, 0.6) is 0 Å². The van der Waals surface area contributed by atoms with Crippen LogP contribution in [0.2, 0.25) is 0 Å². The fourth-order valence-corrected chi connectivity index (χ4v) is 4.44. The van der Waals surface area contributed by atoms with E-state index >= 15 is 0 Å². The van der Waals surface area contributed by atoms with E-state index in [2.05, 4.69) is 10.6 Å². The number of thiophene rings is 1. The maximum absolute atomic E-state index is 12.8. The van der Waals surface area contributed by atoms with Crippen molar-refractivity contribution in [2.45, 2.75) is 47.1 Å². The van der Waals surface area contributed by atoms with E-state index in [0.717, 1.165) is 16.0 Å². The first-order chi connectivity index (χ1) is 16.0. The Bertz CT molecular complexity index is 1050. The fraction of sp³-hybridized carbons (Fsp3) is 0.417. The van der Waals surface area contributed by atoms with Gasteiger partial charge in [0, 0.05) is 10.4 Å². The molecule has 0 aliphatic rings. The number of hydrogen-bond donors (Lipinski definition) is 3. The van der Waals surface area contributed by atoms with Crippen molar-refractivity contribution in [3.05, 3.63) is 40.3 Å². The summed E-state index contributed by atoms with van der Waals surface area (Å²) in [5, 5.41) is 5.29. The third kappa shape index (κ3) is 7.31. The summed E-state index contributed by atoms with van der Waals surface area (Å²) in [6.45, 7) is 8.85. The second-order valence-corrected chi connectivity index (χ2v) is 9.40. The standard InChI is InChI=1S/C24H31N3O6S/c1-6-32-23(30)20-19(16-9-7-14(4)8-10-16)15(5)34-21(20)27-18(28)12-33-22(29)17(11-13(2)3)26-24(25)31/h7-10,13,17H,6,11-12H2,1-5H3,(H,27,28)(H3,25,26,31)/t17-/m0/s1. The minimum absolute atomic E-state index is 0.0830. The summed E-state index contributed by atoms with van der Waals surface area (Å²) in [6.07, 6.45) is 0.306. The number of hydrogen-bond acceptors (Lipinski definition) is 7. The highest BCUT2D eigenvalue weighted by molar-refractivity contribution is 7.17. The van der Waals surface area contributed by atoms with Crippen molar-refractivity contribution < 1.29 is 28.7 Å². The van der Waals surface area contributed by atoms with Crippen LogP contribution in [0.1, 0.15) is 48.0 Å². The minimum Gasteiger partial charge on any atom is -0.462 e. The lowest BCUT2D eigenvalue weighted by Gasteiger charge is -2.18. The normalized spacial score (nSPS) is 11.6. The summed E-state index contributed by atoms with van der Waals surface area (Å²) in [5.74, 6) is -1.87. The molecule has 0 saturated heterocycles. The summed E-state index contributed by atoms with van der Waals surface area (Å²) in [6, 6.07) is 5.86. The van der Waals surface area contributed by atoms with Crippen LogP contribution >= 0.6 is 11.3 Å². The third-order valence-electron chi connectivity index (χ3n) is 4.81. The molecule has 34 heavy (non-hydrogen) atoms. The highest BCUT2D eigenvalue weighted by Crippen LogP contribution is 2.40. The lowest BCUT2D eigenvalue weighted by Crippen LogP contribution is -2.45. The van der Waals surface area contributed by atoms with E-state index < -0.39 is 36.5 Å². The van der Waals surface area contributed by atoms with Gasteiger partial charge in [-0.15, -0.1) is 11.3 Å². The molecule has 1 aromatic heterocycles. The second-order valence-electron chi connectivity index (χ2n) is 8.17. The van der Waals surface area contributed by atoms with Crippen molar-refractivity contribution in [1.82, 2.24) is 5.32 Å². The highest BCUT2D eigenvalue weighted by Gasteiger charge is 2.27. The zero-order valence-electron chi connectivity index (χ0n) is 20.0. The van der Waals surface area contributed by atoms with Gasteiger partial charge in [0.15, 0.2) is 6.61 Å². The van der Waals surface area contributed by atoms with Gasteiger partial charge in [-0.2, -0.15) is 0 Å². The summed E-state index contributed by atoms with van der Waals surface area (Å²) in [4.78, 5) is 49.7. The molecule has 0 aliphatic carbocycles. The molecule has 0 unspecified atom stereocenters. The van der Waals surface area contributed by atoms with Gasteiger partial charge in [0.25, 0.3) is 5.91 Å². The van der Waals surface area contributed by atoms with E-state index in [0.29, 0.717) is 17.0 Å². The number of nitrogens with one attached hydrogen (secondary N) is 2. The SMILES string of the molecule is CCOC(=O)c1c(NC(=O)COC(=O)[C@H](CC(C)C)NC(N)=O)sc(C)c1-c1ccc(C)cc1. The molecule has 0 saturated carbocycles. The zero-order chi connectivity index (χ0) is 25.4. The van der Waals surface area contributed by atoms with Crippen molar-refractivity contribution in [1.29, 1.82) is 0 Å². The number of benzene rings is 1. The topological polar surface area (TPSA) is 137 Å². The second kappa shape index (κ2) is 12.2. The Morgan fingerprint density at radius 3 is 2.26 bits per heavy atom. The molecule has 9 nitrogen and oxygen atoms in total. The predicted octanol–water partition coefficient (Wildman–Crippen LogP) is 3.77. The molecule has 10 heteroatoms. The molecule has 3 amide bonds. The van der Waals surface area contributed by atoms with E-state index in [9.17, 15) is 19.2 Å². The van der Waals surface area contributed by atoms with Gasteiger partial charge in [-0.05, 0) is 38.7 Å². The number of carbonyl (C=O) groups excluding carboxylic acids is 4. The monoisotopic (exact) mass is 489 g/mol. The number of carbonyl (C=O) groups is 4. The van der Waals surface area contributed by atoms with Crippen LogP contribution in [0.15, 0.2) is 24.3 Å². The van der Waals surface area contributed by atoms with Crippen molar-refractivity contribution in [2.75, 3.05) is 18.5 Å². The Kier molecular flexibility index (Phi) is 9.61. The Morgan fingerprint density at radius 2 is 1.71 bits per heavy atom. The average Bonchev–Trinajstić information content (AvgIpc) is 3.07. The number of esters is 2. The molecule has 2 aromatic rings. The Labute approximate surface area is 203 Å². The van der Waals surface area contributed by atoms with Gasteiger partial charge >= 0.3 is 18.0 Å². The Morgan fingerprint density at radius 1 is 1.06 bits per heavy atom. The van der Waals surface area contributed by atoms with Gasteiger partial charge in [-0.3, -0.25) is 4.79 Å². The van der Waals surface area contributed by atoms with Crippen LogP contribution in [-0.2, 0) is 19.1 Å². The van der Waals surface area contributed by atoms with Gasteiger partial charge in [0.05, 0.1) is 6.61 Å². The van der Waals surface area contributed by atoms with Crippen molar-refractivity contribution in [3.63, 3.8) is 0 Å². The van der Waals surface area contributed by atoms with E-state index in [-0.39, 0.29) is 18.1 Å². The zero-order valence-corrected chi connectivity index (χ0v) is 20.8. The van der Waals surface area contributed by atoms with E-state index in [1.165, 1.54) is 11.3 Å². The third-order valence-corrected chi connectivity index (χ3v) is 5.83. The highest BCUT2D eigenvalue weighted by atomic mass is 32.1. The van der Waals surface area contributed by atoms with Crippen LogP contribution in [0.4, 0.5) is 9.80 Å². The number of rotatable bonds is 10. The van der Waals surface area contributed by atoms with Crippen molar-refractivity contribution in [3.8, 4) is 11.1 Å².